The second-order valence-corrected chi connectivity index (χ2v) is 7.58. The third-order valence-electron chi connectivity index (χ3n) is 4.13. The second kappa shape index (κ2) is 8.67. The summed E-state index contributed by atoms with van der Waals surface area (Å²) in [6.07, 6.45) is 0. The maximum absolute atomic E-state index is 12.8. The first-order chi connectivity index (χ1) is 13.4. The highest BCUT2D eigenvalue weighted by Gasteiger charge is 2.18. The van der Waals surface area contributed by atoms with Gasteiger partial charge in [0.05, 0.1) is 28.5 Å². The predicted octanol–water partition coefficient (Wildman–Crippen LogP) is 5.24. The zero-order valence-corrected chi connectivity index (χ0v) is 17.4. The van der Waals surface area contributed by atoms with E-state index < -0.39 is 0 Å². The molecule has 1 heterocycles. The van der Waals surface area contributed by atoms with E-state index in [-0.39, 0.29) is 5.91 Å². The number of aromatic nitrogens is 2. The number of carbonyl (C=O) groups is 1. The fourth-order valence-corrected chi connectivity index (χ4v) is 2.96. The van der Waals surface area contributed by atoms with E-state index in [4.69, 9.17) is 27.9 Å². The average Bonchev–Trinajstić information content (AvgIpc) is 3.14. The number of ether oxygens (including phenoxy) is 1. The molecule has 3 rings (SSSR count). The van der Waals surface area contributed by atoms with Crippen molar-refractivity contribution in [3.8, 4) is 22.7 Å². The van der Waals surface area contributed by atoms with Crippen molar-refractivity contribution in [1.29, 1.82) is 0 Å². The molecule has 28 heavy (non-hydrogen) atoms. The van der Waals surface area contributed by atoms with E-state index in [9.17, 15) is 4.79 Å². The van der Waals surface area contributed by atoms with Crippen molar-refractivity contribution in [3.05, 3.63) is 64.3 Å². The zero-order valence-electron chi connectivity index (χ0n) is 15.9. The average molecular weight is 418 g/mol. The molecular weight excluding hydrogens is 397 g/mol. The monoisotopic (exact) mass is 417 g/mol. The Hall–Kier alpha value is -2.50. The number of hydrogen-bond donors (Lipinski definition) is 1. The molecule has 3 aromatic rings. The van der Waals surface area contributed by atoms with E-state index >= 15 is 0 Å². The van der Waals surface area contributed by atoms with Gasteiger partial charge >= 0.3 is 0 Å². The van der Waals surface area contributed by atoms with Crippen molar-refractivity contribution in [2.24, 2.45) is 5.92 Å². The van der Waals surface area contributed by atoms with Gasteiger partial charge in [-0.05, 0) is 42.3 Å². The third-order valence-corrected chi connectivity index (χ3v) is 4.87. The maximum Gasteiger partial charge on any atom is 0.270 e. The van der Waals surface area contributed by atoms with Crippen molar-refractivity contribution in [1.82, 2.24) is 15.1 Å². The van der Waals surface area contributed by atoms with Crippen LogP contribution in [0.15, 0.2) is 48.5 Å². The summed E-state index contributed by atoms with van der Waals surface area (Å²) in [4.78, 5) is 12.8. The minimum absolute atomic E-state index is 0.207. The second-order valence-electron chi connectivity index (χ2n) is 6.76. The molecule has 2 aromatic carbocycles. The normalized spacial score (nSPS) is 10.9. The highest BCUT2D eigenvalue weighted by atomic mass is 35.5. The molecule has 0 aliphatic carbocycles. The van der Waals surface area contributed by atoms with Gasteiger partial charge in [-0.3, -0.25) is 4.79 Å². The van der Waals surface area contributed by atoms with Crippen LogP contribution < -0.4 is 10.1 Å². The van der Waals surface area contributed by atoms with Crippen LogP contribution in [-0.4, -0.2) is 29.3 Å². The van der Waals surface area contributed by atoms with Crippen LogP contribution in [0.5, 0.6) is 5.75 Å². The third kappa shape index (κ3) is 4.49. The Bertz CT molecular complexity index is 999. The molecule has 1 aromatic heterocycles. The lowest BCUT2D eigenvalue weighted by Crippen LogP contribution is -2.29. The van der Waals surface area contributed by atoms with Gasteiger partial charge in [-0.2, -0.15) is 5.10 Å². The number of benzene rings is 2. The number of rotatable bonds is 6. The van der Waals surface area contributed by atoms with Crippen LogP contribution in [0.3, 0.4) is 0 Å². The molecule has 0 fully saturated rings. The lowest BCUT2D eigenvalue weighted by molar-refractivity contribution is 0.0941. The van der Waals surface area contributed by atoms with E-state index in [1.807, 2.05) is 38.1 Å². The summed E-state index contributed by atoms with van der Waals surface area (Å²) in [5.74, 6) is 0.844. The number of hydrogen-bond acceptors (Lipinski definition) is 3. The first-order valence-corrected chi connectivity index (χ1v) is 9.62. The lowest BCUT2D eigenvalue weighted by atomic mass is 10.1. The Morgan fingerprint density at radius 2 is 1.93 bits per heavy atom. The number of halogens is 2. The summed E-state index contributed by atoms with van der Waals surface area (Å²) < 4.78 is 6.87. The molecule has 0 spiro atoms. The minimum atomic E-state index is -0.207. The van der Waals surface area contributed by atoms with Crippen LogP contribution in [0.1, 0.15) is 24.3 Å². The van der Waals surface area contributed by atoms with Gasteiger partial charge < -0.3 is 10.1 Å². The van der Waals surface area contributed by atoms with Crippen LogP contribution in [0.4, 0.5) is 0 Å². The van der Waals surface area contributed by atoms with Gasteiger partial charge in [-0.1, -0.05) is 49.2 Å². The van der Waals surface area contributed by atoms with Gasteiger partial charge in [0.1, 0.15) is 11.4 Å². The molecule has 0 aliphatic rings. The first-order valence-electron chi connectivity index (χ1n) is 8.87. The summed E-state index contributed by atoms with van der Waals surface area (Å²) in [7, 11) is 1.61. The van der Waals surface area contributed by atoms with E-state index in [0.29, 0.717) is 45.3 Å². The fraction of sp³-hybridized carbons (Fsp3) is 0.238. The molecule has 0 bridgehead atoms. The molecule has 0 radical (unpaired) electrons. The van der Waals surface area contributed by atoms with E-state index in [1.54, 1.807) is 36.1 Å². The molecule has 0 aliphatic heterocycles. The summed E-state index contributed by atoms with van der Waals surface area (Å²) in [5, 5.41) is 8.42. The Labute approximate surface area is 174 Å². The van der Waals surface area contributed by atoms with Gasteiger partial charge in [0.2, 0.25) is 0 Å². The Balaban J connectivity index is 2.08. The molecule has 0 unspecified atom stereocenters. The highest BCUT2D eigenvalue weighted by Crippen LogP contribution is 2.28. The molecule has 7 heteroatoms. The van der Waals surface area contributed by atoms with Gasteiger partial charge in [0, 0.05) is 12.1 Å². The number of nitrogens with one attached hydrogen (secondary N) is 1. The summed E-state index contributed by atoms with van der Waals surface area (Å²) in [5.41, 5.74) is 2.56. The van der Waals surface area contributed by atoms with Gasteiger partial charge in [-0.15, -0.1) is 0 Å². The van der Waals surface area contributed by atoms with E-state index in [1.165, 1.54) is 0 Å². The number of methoxy groups -OCH3 is 1. The molecule has 1 amide bonds. The topological polar surface area (TPSA) is 56.1 Å². The molecule has 1 N–H and O–H groups in total. The quantitative estimate of drug-likeness (QED) is 0.596. The molecule has 146 valence electrons. The Morgan fingerprint density at radius 3 is 2.61 bits per heavy atom. The van der Waals surface area contributed by atoms with Crippen LogP contribution in [0.25, 0.3) is 16.9 Å². The van der Waals surface area contributed by atoms with Crippen molar-refractivity contribution in [2.75, 3.05) is 13.7 Å². The molecule has 5 nitrogen and oxygen atoms in total. The molecular formula is C21H21Cl2N3O2. The standard InChI is InChI=1S/C21H21Cl2N3O2/c1-13(2)12-24-21(27)20-11-19(14-5-4-6-16(9-14)28-3)25-26(20)15-7-8-17(22)18(23)10-15/h4-11,13H,12H2,1-3H3,(H,24,27). The molecule has 0 atom stereocenters. The fourth-order valence-electron chi connectivity index (χ4n) is 2.67. The van der Waals surface area contributed by atoms with Crippen molar-refractivity contribution >= 4 is 29.1 Å². The summed E-state index contributed by atoms with van der Waals surface area (Å²) >= 11 is 12.2. The van der Waals surface area contributed by atoms with Crippen LogP contribution in [-0.2, 0) is 0 Å². The van der Waals surface area contributed by atoms with Crippen LogP contribution >= 0.6 is 23.2 Å². The summed E-state index contributed by atoms with van der Waals surface area (Å²) in [6.45, 7) is 4.65. The summed E-state index contributed by atoms with van der Waals surface area (Å²) in [6, 6.07) is 14.4. The van der Waals surface area contributed by atoms with Gasteiger partial charge in [0.25, 0.3) is 5.91 Å². The SMILES string of the molecule is COc1cccc(-c2cc(C(=O)NCC(C)C)n(-c3ccc(Cl)c(Cl)c3)n2)c1. The highest BCUT2D eigenvalue weighted by molar-refractivity contribution is 6.42. The van der Waals surface area contributed by atoms with Crippen LogP contribution in [0.2, 0.25) is 10.0 Å². The van der Waals surface area contributed by atoms with Crippen molar-refractivity contribution in [3.63, 3.8) is 0 Å². The zero-order chi connectivity index (χ0) is 20.3. The Morgan fingerprint density at radius 1 is 1.14 bits per heavy atom. The predicted molar refractivity (Wildman–Crippen MR) is 113 cm³/mol. The smallest absolute Gasteiger partial charge is 0.270 e. The largest absolute Gasteiger partial charge is 0.497 e. The van der Waals surface area contributed by atoms with Gasteiger partial charge in [-0.25, -0.2) is 4.68 Å². The van der Waals surface area contributed by atoms with E-state index in [2.05, 4.69) is 10.4 Å². The number of amides is 1. The maximum atomic E-state index is 12.8. The first kappa shape index (κ1) is 20.2. The molecule has 0 saturated carbocycles. The van der Waals surface area contributed by atoms with E-state index in [0.717, 1.165) is 5.56 Å². The van der Waals surface area contributed by atoms with Crippen molar-refractivity contribution < 1.29 is 9.53 Å². The van der Waals surface area contributed by atoms with Gasteiger partial charge in [0.15, 0.2) is 0 Å². The molecule has 0 saturated heterocycles. The van der Waals surface area contributed by atoms with Crippen LogP contribution in [0, 0.1) is 5.92 Å². The van der Waals surface area contributed by atoms with Crippen molar-refractivity contribution in [2.45, 2.75) is 13.8 Å². The number of carbonyl (C=O) groups excluding carboxylic acids is 1. The minimum Gasteiger partial charge on any atom is -0.497 e. The Kier molecular flexibility index (Phi) is 6.27. The lowest BCUT2D eigenvalue weighted by Gasteiger charge is -2.10. The number of nitrogens with zero attached hydrogens (tertiary/aromatic N) is 2.